The fourth-order valence-corrected chi connectivity index (χ4v) is 16.3. The zero-order valence-corrected chi connectivity index (χ0v) is 26.2. The molecule has 0 N–H and O–H groups in total. The van der Waals surface area contributed by atoms with Crippen LogP contribution in [-0.4, -0.2) is 22.6 Å². The Balaban J connectivity index is 0.000000479. The van der Waals surface area contributed by atoms with Crippen LogP contribution >= 0.6 is 15.8 Å². The third-order valence-electron chi connectivity index (χ3n) is 9.75. The summed E-state index contributed by atoms with van der Waals surface area (Å²) in [6.45, 7) is 0. The van der Waals surface area contributed by atoms with Gasteiger partial charge in [-0.15, -0.1) is 18.5 Å². The minimum absolute atomic E-state index is 0. The molecule has 6 rings (SSSR count). The Kier molecular flexibility index (Phi) is 13.3. The second kappa shape index (κ2) is 16.4. The van der Waals surface area contributed by atoms with Crippen LogP contribution < -0.4 is 10.6 Å². The Morgan fingerprint density at radius 2 is 0.865 bits per heavy atom. The van der Waals surface area contributed by atoms with Gasteiger partial charge in [-0.3, -0.25) is 0 Å². The summed E-state index contributed by atoms with van der Waals surface area (Å²) in [5, 5.41) is 3.94. The minimum Gasteiger partial charge on any atom is -0.748 e. The number of hydrogen-bond acceptors (Lipinski definition) is 0. The maximum atomic E-state index is 2.69. The first-order valence-electron chi connectivity index (χ1n) is 15.9. The Morgan fingerprint density at radius 1 is 0.514 bits per heavy atom. The van der Waals surface area contributed by atoms with Crippen LogP contribution in [0.1, 0.15) is 128 Å². The quantitative estimate of drug-likeness (QED) is 0.182. The minimum atomic E-state index is 0. The van der Waals surface area contributed by atoms with E-state index in [1.807, 2.05) is 40.9 Å². The van der Waals surface area contributed by atoms with Gasteiger partial charge in [-0.1, -0.05) is 85.0 Å². The van der Waals surface area contributed by atoms with Crippen LogP contribution in [0.2, 0.25) is 0 Å². The third kappa shape index (κ3) is 8.29. The van der Waals surface area contributed by atoms with Gasteiger partial charge >= 0.3 is 0 Å². The molecular formula is C34H52FeP2-6. The molecule has 212 valence electrons. The summed E-state index contributed by atoms with van der Waals surface area (Å²) >= 11 is 0. The van der Waals surface area contributed by atoms with Crippen LogP contribution in [0.25, 0.3) is 0 Å². The average molecular weight is 579 g/mol. The monoisotopic (exact) mass is 578 g/mol. The number of hydrogen-bond donors (Lipinski definition) is 0. The van der Waals surface area contributed by atoms with Gasteiger partial charge in [0.1, 0.15) is 0 Å². The summed E-state index contributed by atoms with van der Waals surface area (Å²) in [6.07, 6.45) is 30.6. The molecule has 0 bridgehead atoms. The average Bonchev–Trinajstić information content (AvgIpc) is 3.68. The summed E-state index contributed by atoms with van der Waals surface area (Å²) in [5.41, 5.74) is 4.23. The van der Waals surface area contributed by atoms with Crippen molar-refractivity contribution >= 4 is 26.5 Å². The van der Waals surface area contributed by atoms with Crippen LogP contribution in [0.4, 0.5) is 0 Å². The van der Waals surface area contributed by atoms with Gasteiger partial charge in [0.2, 0.25) is 0 Å². The Morgan fingerprint density at radius 3 is 1.24 bits per heavy atom. The molecule has 0 unspecified atom stereocenters. The van der Waals surface area contributed by atoms with Gasteiger partial charge in [-0.2, -0.15) is 6.07 Å². The molecule has 4 fully saturated rings. The van der Waals surface area contributed by atoms with Gasteiger partial charge < -0.3 is 30.3 Å². The molecule has 37 heavy (non-hydrogen) atoms. The fourth-order valence-electron chi connectivity index (χ4n) is 7.98. The van der Waals surface area contributed by atoms with Crippen LogP contribution in [-0.2, 0) is 17.1 Å². The van der Waals surface area contributed by atoms with E-state index in [1.54, 1.807) is 51.4 Å². The topological polar surface area (TPSA) is 0 Å². The summed E-state index contributed by atoms with van der Waals surface area (Å²) in [4.78, 5) is 0. The first-order chi connectivity index (χ1) is 17.9. The van der Waals surface area contributed by atoms with Crippen molar-refractivity contribution in [2.45, 2.75) is 151 Å². The zero-order chi connectivity index (χ0) is 24.4. The molecule has 0 heterocycles. The van der Waals surface area contributed by atoms with E-state index in [-0.39, 0.29) is 32.9 Å². The van der Waals surface area contributed by atoms with Crippen molar-refractivity contribution in [3.63, 3.8) is 0 Å². The fraction of sp³-hybridized carbons (Fsp3) is 0.706. The molecule has 0 nitrogen and oxygen atoms in total. The van der Waals surface area contributed by atoms with E-state index in [0.717, 1.165) is 22.6 Å². The summed E-state index contributed by atoms with van der Waals surface area (Å²) in [6, 6.07) is 17.9. The van der Waals surface area contributed by atoms with Crippen LogP contribution in [0.3, 0.4) is 0 Å². The zero-order valence-electron chi connectivity index (χ0n) is 23.3. The van der Waals surface area contributed by atoms with E-state index in [2.05, 4.69) is 18.2 Å². The summed E-state index contributed by atoms with van der Waals surface area (Å²) in [5.74, 6) is 0. The Hall–Kier alpha value is 0.0795. The molecule has 4 aliphatic carbocycles. The van der Waals surface area contributed by atoms with Crippen molar-refractivity contribution in [1.29, 1.82) is 0 Å². The van der Waals surface area contributed by atoms with Crippen LogP contribution in [0.15, 0.2) is 48.5 Å². The molecule has 2 aromatic carbocycles. The largest absolute Gasteiger partial charge is 0.748 e. The molecule has 3 heteroatoms. The van der Waals surface area contributed by atoms with Crippen molar-refractivity contribution in [3.8, 4) is 0 Å². The molecule has 0 amide bonds. The van der Waals surface area contributed by atoms with Crippen molar-refractivity contribution in [3.05, 3.63) is 48.5 Å². The molecule has 0 saturated heterocycles. The van der Waals surface area contributed by atoms with Crippen molar-refractivity contribution in [2.75, 3.05) is 0 Å². The van der Waals surface area contributed by atoms with Gasteiger partial charge in [0.25, 0.3) is 0 Å². The molecule has 0 spiro atoms. The summed E-state index contributed by atoms with van der Waals surface area (Å²) in [7, 11) is 0.132. The molecule has 0 atom stereocenters. The second-order valence-electron chi connectivity index (χ2n) is 12.2. The van der Waals surface area contributed by atoms with E-state index in [1.165, 1.54) is 77.0 Å². The molecule has 0 radical (unpaired) electrons. The van der Waals surface area contributed by atoms with E-state index in [4.69, 9.17) is 0 Å². The molecule has 0 aromatic heterocycles. The number of rotatable bonds is 6. The first kappa shape index (κ1) is 30.0. The van der Waals surface area contributed by atoms with Gasteiger partial charge in [0.15, 0.2) is 0 Å². The van der Waals surface area contributed by atoms with E-state index in [0.29, 0.717) is 0 Å². The van der Waals surface area contributed by atoms with Crippen molar-refractivity contribution in [1.82, 2.24) is 0 Å². The van der Waals surface area contributed by atoms with Crippen molar-refractivity contribution in [2.24, 2.45) is 0 Å². The molecule has 4 aliphatic rings. The maximum Gasteiger partial charge on any atom is 0 e. The predicted molar refractivity (Wildman–Crippen MR) is 165 cm³/mol. The second-order valence-corrected chi connectivity index (χ2v) is 17.8. The maximum absolute atomic E-state index is 2.69. The normalized spacial score (nSPS) is 23.0. The van der Waals surface area contributed by atoms with Gasteiger partial charge in [-0.05, 0) is 74.0 Å². The molecular weight excluding hydrogens is 526 g/mol. The predicted octanol–water partition coefficient (Wildman–Crippen LogP) is 10.4. The van der Waals surface area contributed by atoms with Crippen molar-refractivity contribution < 1.29 is 17.1 Å². The summed E-state index contributed by atoms with van der Waals surface area (Å²) < 4.78 is 0. The third-order valence-corrected chi connectivity index (χ3v) is 17.0. The Bertz CT molecular complexity index is 710. The molecule has 4 saturated carbocycles. The van der Waals surface area contributed by atoms with Gasteiger partial charge in [0, 0.05) is 17.1 Å². The first-order valence-corrected chi connectivity index (χ1v) is 18.9. The van der Waals surface area contributed by atoms with E-state index >= 15 is 0 Å². The van der Waals surface area contributed by atoms with Crippen LogP contribution in [0, 0.1) is 0 Å². The molecule has 2 aromatic rings. The SMILES string of the molecule is [Fe].[cH-]1[cH-][cH-][cH-][cH-]1.c1cc(P(C2CCCCC2)C2CCCCC2)[c-](P(C2CCCCC2)C2CCCCC2)c1. The standard InChI is InChI=1S/C29H47P2.C5H5.Fe/c1-5-14-24(15-6-1)30(25-16-7-2-8-17-25)28-22-13-23-29(28)31(26-18-9-3-10-19-26)27-20-11-4-12-21-27;1-2-4-5-3-1;/h13,22-27H,1-12,14-21H2;1-5H;/q-1;-5;. The van der Waals surface area contributed by atoms with Crippen LogP contribution in [0.5, 0.6) is 0 Å². The smallest absolute Gasteiger partial charge is 0 e. The Labute approximate surface area is 242 Å². The van der Waals surface area contributed by atoms with Gasteiger partial charge in [-0.25, -0.2) is 12.1 Å². The van der Waals surface area contributed by atoms with E-state index < -0.39 is 0 Å². The van der Waals surface area contributed by atoms with Gasteiger partial charge in [0.05, 0.1) is 0 Å². The molecule has 0 aliphatic heterocycles. The van der Waals surface area contributed by atoms with E-state index in [9.17, 15) is 0 Å².